The molecule has 1 saturated carbocycles. The predicted octanol–water partition coefficient (Wildman–Crippen LogP) is 2.35. The molecular weight excluding hydrogens is 337 g/mol. The molecular formula is C18H18FN5O2. The van der Waals surface area contributed by atoms with Gasteiger partial charge in [0.25, 0.3) is 0 Å². The summed E-state index contributed by atoms with van der Waals surface area (Å²) in [4.78, 5) is 16.0. The Balaban J connectivity index is 1.68. The minimum atomic E-state index is -0.908. The smallest absolute Gasteiger partial charge is 0.311 e. The van der Waals surface area contributed by atoms with Crippen LogP contribution in [0.1, 0.15) is 48.9 Å². The maximum absolute atomic E-state index is 13.7. The molecule has 134 valence electrons. The van der Waals surface area contributed by atoms with Gasteiger partial charge in [-0.3, -0.25) is 9.48 Å². The third-order valence-electron chi connectivity index (χ3n) is 5.70. The molecule has 2 aliphatic rings. The Labute approximate surface area is 148 Å². The maximum Gasteiger partial charge on any atom is 0.311 e. The molecule has 0 aliphatic heterocycles. The normalized spacial score (nSPS) is 24.9. The molecule has 0 amide bonds. The zero-order chi connectivity index (χ0) is 18.1. The van der Waals surface area contributed by atoms with Crippen LogP contribution in [0.2, 0.25) is 0 Å². The first kappa shape index (κ1) is 15.5. The van der Waals surface area contributed by atoms with Gasteiger partial charge in [0.1, 0.15) is 0 Å². The molecule has 0 bridgehead atoms. The van der Waals surface area contributed by atoms with Gasteiger partial charge in [0.05, 0.1) is 17.8 Å². The summed E-state index contributed by atoms with van der Waals surface area (Å²) in [6, 6.07) is 1.26. The van der Waals surface area contributed by atoms with E-state index in [9.17, 15) is 14.3 Å². The molecule has 0 spiro atoms. The zero-order valence-corrected chi connectivity index (χ0v) is 14.3. The maximum atomic E-state index is 13.7. The van der Waals surface area contributed by atoms with E-state index in [1.807, 2.05) is 17.8 Å². The lowest BCUT2D eigenvalue weighted by Gasteiger charge is -2.24. The number of halogens is 1. The van der Waals surface area contributed by atoms with Gasteiger partial charge in [0.2, 0.25) is 5.95 Å². The average Bonchev–Trinajstić information content (AvgIpc) is 3.01. The molecule has 3 heterocycles. The molecule has 5 rings (SSSR count). The number of aliphatic carboxylic acids is 1. The molecule has 1 fully saturated rings. The monoisotopic (exact) mass is 355 g/mol. The van der Waals surface area contributed by atoms with E-state index >= 15 is 0 Å². The van der Waals surface area contributed by atoms with Crippen molar-refractivity contribution >= 4 is 11.6 Å². The molecule has 3 aromatic heterocycles. The largest absolute Gasteiger partial charge is 0.481 e. The van der Waals surface area contributed by atoms with E-state index in [4.69, 9.17) is 0 Å². The molecule has 2 unspecified atom stereocenters. The van der Waals surface area contributed by atoms with Crippen molar-refractivity contribution in [3.63, 3.8) is 0 Å². The van der Waals surface area contributed by atoms with Crippen molar-refractivity contribution in [3.05, 3.63) is 47.4 Å². The first-order valence-electron chi connectivity index (χ1n) is 8.76. The summed E-state index contributed by atoms with van der Waals surface area (Å²) >= 11 is 0. The minimum Gasteiger partial charge on any atom is -0.481 e. The third kappa shape index (κ3) is 2.17. The van der Waals surface area contributed by atoms with E-state index in [2.05, 4.69) is 15.2 Å². The highest BCUT2D eigenvalue weighted by Crippen LogP contribution is 2.49. The van der Waals surface area contributed by atoms with Crippen LogP contribution >= 0.6 is 0 Å². The highest BCUT2D eigenvalue weighted by atomic mass is 19.1. The molecule has 1 N–H and O–H groups in total. The zero-order valence-electron chi connectivity index (χ0n) is 14.3. The standard InChI is InChI=1S/C18H18FN5O2/c1-18(11-6-21-23(9-11)8-10-2-3-10)5-12(17(25)26)13-7-20-15-4-14(19)22-24(15)16(13)18/h4,6-7,9-10,12H,2-3,5,8H2,1H3,(H,25,26). The summed E-state index contributed by atoms with van der Waals surface area (Å²) in [7, 11) is 0. The van der Waals surface area contributed by atoms with Crippen molar-refractivity contribution < 1.29 is 14.3 Å². The topological polar surface area (TPSA) is 85.3 Å². The second-order valence-electron chi connectivity index (χ2n) is 7.62. The van der Waals surface area contributed by atoms with Gasteiger partial charge in [0.15, 0.2) is 5.65 Å². The molecule has 8 heteroatoms. The fourth-order valence-electron chi connectivity index (χ4n) is 4.13. The van der Waals surface area contributed by atoms with Crippen molar-refractivity contribution in [2.75, 3.05) is 0 Å². The van der Waals surface area contributed by atoms with Crippen molar-refractivity contribution in [3.8, 4) is 0 Å². The van der Waals surface area contributed by atoms with Crippen molar-refractivity contribution in [2.45, 2.75) is 44.1 Å². The van der Waals surface area contributed by atoms with Crippen LogP contribution in [0.25, 0.3) is 5.65 Å². The van der Waals surface area contributed by atoms with Gasteiger partial charge in [0, 0.05) is 41.5 Å². The Morgan fingerprint density at radius 3 is 2.96 bits per heavy atom. The Hall–Kier alpha value is -2.77. The quantitative estimate of drug-likeness (QED) is 0.776. The molecule has 2 aliphatic carbocycles. The SMILES string of the molecule is CC1(c2cnn(CC3CC3)c2)CC(C(=O)O)c2cnc3cc(F)nn3c21. The van der Waals surface area contributed by atoms with Crippen molar-refractivity contribution in [1.82, 2.24) is 24.4 Å². The van der Waals surface area contributed by atoms with Gasteiger partial charge in [-0.05, 0) is 32.1 Å². The fraction of sp³-hybridized carbons (Fsp3) is 0.444. The van der Waals surface area contributed by atoms with Gasteiger partial charge >= 0.3 is 5.97 Å². The number of carboxylic acid groups (broad SMARTS) is 1. The number of aromatic nitrogens is 5. The second-order valence-corrected chi connectivity index (χ2v) is 7.62. The summed E-state index contributed by atoms with van der Waals surface area (Å²) < 4.78 is 17.1. The number of nitrogens with zero attached hydrogens (tertiary/aromatic N) is 5. The van der Waals surface area contributed by atoms with E-state index in [1.54, 1.807) is 12.4 Å². The minimum absolute atomic E-state index is 0.370. The predicted molar refractivity (Wildman–Crippen MR) is 89.3 cm³/mol. The molecule has 7 nitrogen and oxygen atoms in total. The van der Waals surface area contributed by atoms with Gasteiger partial charge < -0.3 is 5.11 Å². The van der Waals surface area contributed by atoms with E-state index < -0.39 is 23.2 Å². The number of hydrogen-bond acceptors (Lipinski definition) is 4. The van der Waals surface area contributed by atoms with Crippen molar-refractivity contribution in [1.29, 1.82) is 0 Å². The number of carbonyl (C=O) groups is 1. The second kappa shape index (κ2) is 5.12. The molecule has 3 aromatic rings. The van der Waals surface area contributed by atoms with Crippen LogP contribution in [-0.2, 0) is 16.8 Å². The van der Waals surface area contributed by atoms with E-state index in [-0.39, 0.29) is 0 Å². The van der Waals surface area contributed by atoms with Crippen LogP contribution in [0.4, 0.5) is 4.39 Å². The first-order chi connectivity index (χ1) is 12.5. The van der Waals surface area contributed by atoms with Crippen LogP contribution in [0.3, 0.4) is 0 Å². The summed E-state index contributed by atoms with van der Waals surface area (Å²) in [6.07, 6.45) is 8.16. The molecule has 26 heavy (non-hydrogen) atoms. The van der Waals surface area contributed by atoms with E-state index in [0.717, 1.165) is 12.1 Å². The van der Waals surface area contributed by atoms with Crippen LogP contribution in [0.5, 0.6) is 0 Å². The number of carboxylic acids is 1. The number of fused-ring (bicyclic) bond motifs is 3. The van der Waals surface area contributed by atoms with Crippen LogP contribution in [0.15, 0.2) is 24.7 Å². The molecule has 0 radical (unpaired) electrons. The highest BCUT2D eigenvalue weighted by Gasteiger charge is 2.48. The first-order valence-corrected chi connectivity index (χ1v) is 8.76. The summed E-state index contributed by atoms with van der Waals surface area (Å²) in [5.41, 5.74) is 1.95. The molecule has 2 atom stereocenters. The van der Waals surface area contributed by atoms with Crippen LogP contribution in [-0.4, -0.2) is 35.5 Å². The number of rotatable bonds is 4. The molecule has 0 aromatic carbocycles. The third-order valence-corrected chi connectivity index (χ3v) is 5.70. The average molecular weight is 355 g/mol. The van der Waals surface area contributed by atoms with Crippen molar-refractivity contribution in [2.24, 2.45) is 5.92 Å². The van der Waals surface area contributed by atoms with Crippen LogP contribution < -0.4 is 0 Å². The lowest BCUT2D eigenvalue weighted by molar-refractivity contribution is -0.138. The Kier molecular flexibility index (Phi) is 3.05. The van der Waals surface area contributed by atoms with E-state index in [0.29, 0.717) is 29.2 Å². The van der Waals surface area contributed by atoms with Gasteiger partial charge in [-0.2, -0.15) is 9.49 Å². The Bertz CT molecular complexity index is 1040. The van der Waals surface area contributed by atoms with Gasteiger partial charge in [-0.15, -0.1) is 5.10 Å². The molecule has 0 saturated heterocycles. The lowest BCUT2D eigenvalue weighted by Crippen LogP contribution is -2.24. The Morgan fingerprint density at radius 2 is 2.23 bits per heavy atom. The number of hydrogen-bond donors (Lipinski definition) is 1. The summed E-state index contributed by atoms with van der Waals surface area (Å²) in [5, 5.41) is 18.1. The fourth-order valence-corrected chi connectivity index (χ4v) is 4.13. The summed E-state index contributed by atoms with van der Waals surface area (Å²) in [6.45, 7) is 2.86. The van der Waals surface area contributed by atoms with Gasteiger partial charge in [-0.25, -0.2) is 9.50 Å². The Morgan fingerprint density at radius 1 is 1.42 bits per heavy atom. The highest BCUT2D eigenvalue weighted by molar-refractivity contribution is 5.79. The van der Waals surface area contributed by atoms with Crippen LogP contribution in [0, 0.1) is 11.9 Å². The lowest BCUT2D eigenvalue weighted by atomic mass is 9.80. The summed E-state index contributed by atoms with van der Waals surface area (Å²) in [5.74, 6) is -1.55. The van der Waals surface area contributed by atoms with E-state index in [1.165, 1.54) is 23.4 Å². The van der Waals surface area contributed by atoms with Gasteiger partial charge in [-0.1, -0.05) is 0 Å².